The molecule has 0 aliphatic rings. The molecule has 0 aliphatic heterocycles. The third-order valence-electron chi connectivity index (χ3n) is 2.36. The molecule has 19 heavy (non-hydrogen) atoms. The van der Waals surface area contributed by atoms with Gasteiger partial charge in [0, 0.05) is 20.3 Å². The highest BCUT2D eigenvalue weighted by Crippen LogP contribution is 2.09. The van der Waals surface area contributed by atoms with Gasteiger partial charge in [-0.2, -0.15) is 5.26 Å². The summed E-state index contributed by atoms with van der Waals surface area (Å²) in [5.41, 5.74) is 0.971. The number of halogens is 1. The fraction of sp³-hybridized carbons (Fsp3) is 0.500. The van der Waals surface area contributed by atoms with Gasteiger partial charge in [0.15, 0.2) is 0 Å². The van der Waals surface area contributed by atoms with Crippen LogP contribution in [0.3, 0.4) is 0 Å². The molecule has 0 unspecified atom stereocenters. The van der Waals surface area contributed by atoms with Crippen LogP contribution in [0, 0.1) is 17.1 Å². The number of hydrogen-bond donors (Lipinski definition) is 0. The number of methoxy groups -OCH3 is 1. The Bertz CT molecular complexity index is 418. The van der Waals surface area contributed by atoms with Gasteiger partial charge in [-0.3, -0.25) is 0 Å². The molecule has 1 aromatic carbocycles. The van der Waals surface area contributed by atoms with Crippen molar-refractivity contribution in [2.24, 2.45) is 0 Å². The lowest BCUT2D eigenvalue weighted by Crippen LogP contribution is -2.05. The third kappa shape index (κ3) is 6.87. The van der Waals surface area contributed by atoms with Crippen molar-refractivity contribution in [2.45, 2.75) is 13.0 Å². The highest BCUT2D eigenvalue weighted by atomic mass is 19.1. The highest BCUT2D eigenvalue weighted by Gasteiger charge is 2.00. The van der Waals surface area contributed by atoms with Gasteiger partial charge in [-0.15, -0.1) is 0 Å². The van der Waals surface area contributed by atoms with E-state index in [1.54, 1.807) is 13.2 Å². The average Bonchev–Trinajstić information content (AvgIpc) is 2.41. The Morgan fingerprint density at radius 3 is 2.63 bits per heavy atom. The first-order chi connectivity index (χ1) is 9.26. The second-order valence-corrected chi connectivity index (χ2v) is 3.97. The number of rotatable bonds is 9. The lowest BCUT2D eigenvalue weighted by molar-refractivity contribution is 0.0483. The van der Waals surface area contributed by atoms with Crippen LogP contribution in [0.1, 0.15) is 17.5 Å². The summed E-state index contributed by atoms with van der Waals surface area (Å²) >= 11 is 0. The zero-order chi connectivity index (χ0) is 13.9. The van der Waals surface area contributed by atoms with Crippen molar-refractivity contribution in [1.82, 2.24) is 0 Å². The Kier molecular flexibility index (Phi) is 7.75. The molecule has 0 atom stereocenters. The Morgan fingerprint density at radius 1 is 1.11 bits per heavy atom. The van der Waals surface area contributed by atoms with Crippen LogP contribution in [-0.4, -0.2) is 33.5 Å². The summed E-state index contributed by atoms with van der Waals surface area (Å²) in [6, 6.07) is 6.11. The Labute approximate surface area is 112 Å². The molecule has 0 N–H and O–H groups in total. The maximum Gasteiger partial charge on any atom is 0.124 e. The number of nitrogens with zero attached hydrogens (tertiary/aromatic N) is 1. The second-order valence-electron chi connectivity index (χ2n) is 3.97. The van der Waals surface area contributed by atoms with Crippen LogP contribution in [0.5, 0.6) is 0 Å². The van der Waals surface area contributed by atoms with Gasteiger partial charge in [-0.25, -0.2) is 4.39 Å². The van der Waals surface area contributed by atoms with Crippen molar-refractivity contribution in [3.63, 3.8) is 0 Å². The monoisotopic (exact) mass is 267 g/mol. The first-order valence-corrected chi connectivity index (χ1v) is 6.10. The van der Waals surface area contributed by atoms with Gasteiger partial charge in [-0.05, 0) is 30.2 Å². The molecule has 0 radical (unpaired) electrons. The molecular formula is C14H18FNO3. The van der Waals surface area contributed by atoms with Crippen molar-refractivity contribution in [3.05, 3.63) is 35.1 Å². The number of nitriles is 1. The first kappa shape index (κ1) is 15.6. The Hall–Kier alpha value is -1.48. The summed E-state index contributed by atoms with van der Waals surface area (Å²) in [5.74, 6) is -0.416. The van der Waals surface area contributed by atoms with E-state index in [2.05, 4.69) is 0 Å². The predicted octanol–water partition coefficient (Wildman–Crippen LogP) is 2.27. The average molecular weight is 267 g/mol. The zero-order valence-corrected chi connectivity index (χ0v) is 11.0. The van der Waals surface area contributed by atoms with Gasteiger partial charge in [-0.1, -0.05) is 0 Å². The fourth-order valence-electron chi connectivity index (χ4n) is 1.50. The van der Waals surface area contributed by atoms with E-state index in [-0.39, 0.29) is 0 Å². The van der Waals surface area contributed by atoms with Crippen molar-refractivity contribution in [1.29, 1.82) is 5.26 Å². The quantitative estimate of drug-likeness (QED) is 0.644. The molecule has 0 fully saturated rings. The predicted molar refractivity (Wildman–Crippen MR) is 68.1 cm³/mol. The molecule has 0 heterocycles. The molecule has 0 spiro atoms. The van der Waals surface area contributed by atoms with E-state index in [9.17, 15) is 4.39 Å². The van der Waals surface area contributed by atoms with Gasteiger partial charge in [0.1, 0.15) is 5.82 Å². The SMILES string of the molecule is COCCOCCCOCc1cc(F)cc(C#N)c1. The summed E-state index contributed by atoms with van der Waals surface area (Å²) in [6.07, 6.45) is 0.768. The molecule has 0 aromatic heterocycles. The molecular weight excluding hydrogens is 249 g/mol. The maximum absolute atomic E-state index is 13.1. The van der Waals surface area contributed by atoms with Crippen molar-refractivity contribution in [2.75, 3.05) is 33.5 Å². The number of ether oxygens (including phenoxy) is 3. The van der Waals surface area contributed by atoms with E-state index in [1.807, 2.05) is 6.07 Å². The largest absolute Gasteiger partial charge is 0.382 e. The van der Waals surface area contributed by atoms with Crippen LogP contribution in [0.4, 0.5) is 4.39 Å². The summed E-state index contributed by atoms with van der Waals surface area (Å²) < 4.78 is 28.6. The lowest BCUT2D eigenvalue weighted by Gasteiger charge is -2.06. The topological polar surface area (TPSA) is 51.5 Å². The smallest absolute Gasteiger partial charge is 0.124 e. The van der Waals surface area contributed by atoms with Crippen LogP contribution in [0.15, 0.2) is 18.2 Å². The second kappa shape index (κ2) is 9.45. The maximum atomic E-state index is 13.1. The summed E-state index contributed by atoms with van der Waals surface area (Å²) in [4.78, 5) is 0. The van der Waals surface area contributed by atoms with Gasteiger partial charge in [0.25, 0.3) is 0 Å². The summed E-state index contributed by atoms with van der Waals surface area (Å²) in [5, 5.41) is 8.71. The van der Waals surface area contributed by atoms with Gasteiger partial charge < -0.3 is 14.2 Å². The van der Waals surface area contributed by atoms with Crippen LogP contribution >= 0.6 is 0 Å². The molecule has 0 aliphatic carbocycles. The molecule has 104 valence electrons. The standard InChI is InChI=1S/C14H18FNO3/c1-17-5-6-18-3-2-4-19-11-13-7-12(10-16)8-14(15)9-13/h7-9H,2-6,11H2,1H3. The third-order valence-corrected chi connectivity index (χ3v) is 2.36. The van der Waals surface area contributed by atoms with E-state index in [0.717, 1.165) is 6.42 Å². The van der Waals surface area contributed by atoms with Crippen LogP contribution in [0.2, 0.25) is 0 Å². The van der Waals surface area contributed by atoms with Crippen molar-refractivity contribution >= 4 is 0 Å². The lowest BCUT2D eigenvalue weighted by atomic mass is 10.1. The minimum absolute atomic E-state index is 0.296. The van der Waals surface area contributed by atoms with E-state index in [1.165, 1.54) is 12.1 Å². The van der Waals surface area contributed by atoms with Crippen LogP contribution in [0.25, 0.3) is 0 Å². The number of hydrogen-bond acceptors (Lipinski definition) is 4. The Balaban J connectivity index is 2.16. The van der Waals surface area contributed by atoms with E-state index < -0.39 is 5.82 Å². The summed E-state index contributed by atoms with van der Waals surface area (Å²) in [7, 11) is 1.63. The van der Waals surface area contributed by atoms with E-state index in [4.69, 9.17) is 19.5 Å². The van der Waals surface area contributed by atoms with Gasteiger partial charge >= 0.3 is 0 Å². The van der Waals surface area contributed by atoms with Gasteiger partial charge in [0.2, 0.25) is 0 Å². The highest BCUT2D eigenvalue weighted by molar-refractivity contribution is 5.33. The summed E-state index contributed by atoms with van der Waals surface area (Å²) in [6.45, 7) is 2.60. The van der Waals surface area contributed by atoms with Crippen LogP contribution in [-0.2, 0) is 20.8 Å². The normalized spacial score (nSPS) is 10.4. The molecule has 4 nitrogen and oxygen atoms in total. The minimum atomic E-state index is -0.416. The molecule has 5 heteroatoms. The van der Waals surface area contributed by atoms with Crippen LogP contribution < -0.4 is 0 Å². The van der Waals surface area contributed by atoms with Gasteiger partial charge in [0.05, 0.1) is 31.5 Å². The first-order valence-electron chi connectivity index (χ1n) is 6.10. The minimum Gasteiger partial charge on any atom is -0.382 e. The van der Waals surface area contributed by atoms with Crippen molar-refractivity contribution < 1.29 is 18.6 Å². The zero-order valence-electron chi connectivity index (χ0n) is 11.0. The fourth-order valence-corrected chi connectivity index (χ4v) is 1.50. The van der Waals surface area contributed by atoms with E-state index >= 15 is 0 Å². The molecule has 1 rings (SSSR count). The number of benzene rings is 1. The Morgan fingerprint density at radius 2 is 1.89 bits per heavy atom. The molecule has 0 amide bonds. The van der Waals surface area contributed by atoms with Crippen molar-refractivity contribution in [3.8, 4) is 6.07 Å². The molecule has 1 aromatic rings. The molecule has 0 bridgehead atoms. The molecule has 0 saturated carbocycles. The van der Waals surface area contributed by atoms with E-state index in [0.29, 0.717) is 44.2 Å². The molecule has 0 saturated heterocycles.